The highest BCUT2D eigenvalue weighted by molar-refractivity contribution is 5.96. The van der Waals surface area contributed by atoms with Crippen LogP contribution in [0, 0.1) is 53.9 Å². The van der Waals surface area contributed by atoms with Gasteiger partial charge in [-0.25, -0.2) is 51.9 Å². The van der Waals surface area contributed by atoms with Crippen LogP contribution in [0.4, 0.5) is 44.2 Å². The highest BCUT2D eigenvalue weighted by atomic mass is 19.1. The van der Waals surface area contributed by atoms with Gasteiger partial charge >= 0.3 is 18.2 Å². The van der Waals surface area contributed by atoms with E-state index in [0.717, 1.165) is 42.5 Å². The fourth-order valence-corrected chi connectivity index (χ4v) is 14.2. The molecule has 12 rings (SSSR count). The molecule has 12 heterocycles. The normalized spacial score (nSPS) is 11.8. The summed E-state index contributed by atoms with van der Waals surface area (Å²) < 4.78 is 92.6. The second-order valence-corrected chi connectivity index (χ2v) is 34.5. The molecular weight excluding hydrogens is 1810 g/mol. The van der Waals surface area contributed by atoms with Gasteiger partial charge in [0.15, 0.2) is 23.3 Å². The minimum atomic E-state index is -1.15. The molecule has 12 N–H and O–H groups in total. The van der Waals surface area contributed by atoms with Crippen LogP contribution >= 0.6 is 0 Å². The number of rotatable bonds is 37. The number of H-pyrrole nitrogens is 4. The van der Waals surface area contributed by atoms with Crippen LogP contribution in [0.5, 0.6) is 0 Å². The summed E-state index contributed by atoms with van der Waals surface area (Å²) >= 11 is 0. The van der Waals surface area contributed by atoms with Crippen LogP contribution in [0.2, 0.25) is 0 Å². The number of nitrogens with one attached hydrogen (secondary N) is 7. The van der Waals surface area contributed by atoms with Gasteiger partial charge in [0.1, 0.15) is 63.1 Å². The number of carboxylic acids is 1. The molecule has 0 aromatic carbocycles. The van der Waals surface area contributed by atoms with E-state index < -0.39 is 65.0 Å². The predicted molar refractivity (Wildman–Crippen MR) is 514 cm³/mol. The summed E-state index contributed by atoms with van der Waals surface area (Å²) in [5.74, 6) is -1.09. The van der Waals surface area contributed by atoms with Gasteiger partial charge in [-0.2, -0.15) is 0 Å². The van der Waals surface area contributed by atoms with E-state index in [1.165, 1.54) is 74.5 Å². The molecule has 0 aliphatic heterocycles. The number of hydrogen-bond acceptors (Lipinski definition) is 26. The summed E-state index contributed by atoms with van der Waals surface area (Å²) in [4.78, 5) is 170. The molecule has 12 aromatic rings. The average molecular weight is 1940 g/mol. The molecule has 12 aromatic heterocycles. The number of aromatic amines is 4. The molecule has 0 unspecified atom stereocenters. The topological polar surface area (TPSA) is 527 Å². The molecule has 0 saturated heterocycles. The zero-order chi connectivity index (χ0) is 102. The van der Waals surface area contributed by atoms with Crippen LogP contribution in [-0.4, -0.2) is 212 Å². The number of amides is 5. The number of hydrogen-bond donors (Lipinski definition) is 10. The maximum absolute atomic E-state index is 14.6. The monoisotopic (exact) mass is 1930 g/mol. The molecule has 2 atom stereocenters. The van der Waals surface area contributed by atoms with Crippen LogP contribution in [0.1, 0.15) is 155 Å². The molecule has 0 fully saturated rings. The van der Waals surface area contributed by atoms with Gasteiger partial charge in [0.05, 0.1) is 148 Å². The summed E-state index contributed by atoms with van der Waals surface area (Å²) in [7, 11) is 14.9. The third-order valence-corrected chi connectivity index (χ3v) is 21.0. The Hall–Kier alpha value is -14.7. The minimum absolute atomic E-state index is 0.0516. The number of aliphatic carboxylic acids is 1. The number of allylic oxidation sites excluding steroid dienone is 2. The molecule has 0 aliphatic carbocycles. The number of ether oxygens (including phenoxy) is 6. The Labute approximate surface area is 798 Å². The molecule has 0 spiro atoms. The van der Waals surface area contributed by atoms with E-state index in [-0.39, 0.29) is 139 Å². The summed E-state index contributed by atoms with van der Waals surface area (Å²) in [6.45, 7) is 19.6. The van der Waals surface area contributed by atoms with Gasteiger partial charge in [0.25, 0.3) is 22.2 Å². The number of carboxylic acid groups (broad SMARTS) is 1. The SMILES string of the molecule is COC(=O)N[C@@H](CC/C=C/C(=O)N(C)C)C(=O)O.COCc1ccc(C)c(=O)n1Cc1nc2c(F)cnc(CC(C)C)c2[nH]1.COCc1ccc(N)c(=O)n1Cc1nc2c(F)cnc(CC(C)C)c2[nH]1.COCc1ccc(N)c(=O)n1Cc1nc2c(F)cnc(CC(C)C)c2[nH]1.COCc1ccc(NC(=O)[C@H](CC/C=C/C(=O)N(C)C)NC(=O)OC)c(=O)n1Cc1nc2c(F)cnc(CC(C)C)c2[nH]1. The maximum Gasteiger partial charge on any atom is 0.407 e. The Bertz CT molecular complexity index is 6220. The number of imidazole rings is 4. The van der Waals surface area contributed by atoms with Gasteiger partial charge in [-0.1, -0.05) is 73.6 Å². The first-order valence-electron chi connectivity index (χ1n) is 44.4. The van der Waals surface area contributed by atoms with Crippen LogP contribution in [0.15, 0.2) is 117 Å². The number of methoxy groups -OCH3 is 6. The molecule has 0 saturated carbocycles. The third kappa shape index (κ3) is 30.7. The Balaban J connectivity index is 0.000000219. The van der Waals surface area contributed by atoms with Gasteiger partial charge in [-0.15, -0.1) is 0 Å². The highest BCUT2D eigenvalue weighted by Gasteiger charge is 2.27. The molecule has 748 valence electrons. The number of anilines is 3. The number of aryl methyl sites for hydroxylation is 1. The number of likely N-dealkylation sites (N-methyl/N-ethyl adjacent to an activating group) is 2. The van der Waals surface area contributed by atoms with Crippen molar-refractivity contribution in [2.45, 2.75) is 178 Å². The van der Waals surface area contributed by atoms with E-state index in [0.29, 0.717) is 124 Å². The number of nitrogen functional groups attached to an aromatic ring is 2. The van der Waals surface area contributed by atoms with Crippen molar-refractivity contribution in [3.8, 4) is 0 Å². The molecule has 44 heteroatoms. The zero-order valence-corrected chi connectivity index (χ0v) is 81.4. The third-order valence-electron chi connectivity index (χ3n) is 21.0. The molecular formula is C95H123F4N23O17. The number of pyridine rings is 8. The first-order valence-corrected chi connectivity index (χ1v) is 44.4. The number of aromatic nitrogens is 16. The Morgan fingerprint density at radius 3 is 1.01 bits per heavy atom. The Kier molecular flexibility index (Phi) is 41.1. The molecule has 5 amide bonds. The summed E-state index contributed by atoms with van der Waals surface area (Å²) in [5.41, 5.74) is 19.6. The molecule has 0 bridgehead atoms. The van der Waals surface area contributed by atoms with Crippen molar-refractivity contribution < 1.29 is 79.9 Å². The smallest absolute Gasteiger partial charge is 0.407 e. The standard InChI is InChI=1S/C29H38FN7O6.C19H23FN4O2.2C18H22FN5O2.C11H18N2O5/c1-17(2)13-22-26-25(19(30)14-31-22)34-23(35-26)15-37-18(16-42-5)11-12-21(28(37)40)32-27(39)20(33-29(41)43-6)9-7-8-10-24(38)36(3)4;1-11(2)7-15-18-17(14(20)8-21-15)22-16(23-18)9-24-13(10-26-4)6-5-12(3)19(24)25;2*1-10(2)6-14-17-16(12(19)7-21-14)22-15(23-17)8-24-11(9-26-3)4-5-13(20)18(24)25;1-13(2)9(14)7-5-4-6-8(10(15)16)12-11(17)18-3/h8,10-12,14,17,20H,7,9,13,15-16H2,1-6H3,(H,32,39)(H,33,41)(H,34,35);5-6,8,11H,7,9-10H2,1-4H3,(H,22,23);2*4-5,7,10H,6,8-9,20H2,1-3H3,(H,22,23);5,7-8H,4,6H2,1-3H3,(H,12,17)(H,15,16)/b10-8+;;;;7-5+/t20-;;;;8-/m0...0/s1. The van der Waals surface area contributed by atoms with Gasteiger partial charge in [-0.3, -0.25) is 53.5 Å². The summed E-state index contributed by atoms with van der Waals surface area (Å²) in [6, 6.07) is 11.2. The van der Waals surface area contributed by atoms with E-state index in [2.05, 4.69) is 127 Å². The quantitative estimate of drug-likeness (QED) is 0.0128. The first-order chi connectivity index (χ1) is 66.0. The lowest BCUT2D eigenvalue weighted by atomic mass is 10.1. The lowest BCUT2D eigenvalue weighted by Gasteiger charge is -2.18. The Morgan fingerprint density at radius 1 is 0.432 bits per heavy atom. The molecule has 0 radical (unpaired) electrons. The average Bonchev–Trinajstić information content (AvgIpc) is 1.66. The van der Waals surface area contributed by atoms with Crippen LogP contribution in [0.25, 0.3) is 44.1 Å². The van der Waals surface area contributed by atoms with Crippen LogP contribution < -0.4 is 49.7 Å². The number of alkyl carbamates (subject to hydrolysis) is 2. The second-order valence-electron chi connectivity index (χ2n) is 34.5. The summed E-state index contributed by atoms with van der Waals surface area (Å²) in [5, 5.41) is 16.1. The number of nitrogens with two attached hydrogens (primary N) is 2. The van der Waals surface area contributed by atoms with E-state index >= 15 is 0 Å². The molecule has 139 heavy (non-hydrogen) atoms. The Morgan fingerprint density at radius 2 is 0.719 bits per heavy atom. The highest BCUT2D eigenvalue weighted by Crippen LogP contribution is 2.27. The van der Waals surface area contributed by atoms with Crippen molar-refractivity contribution in [2.24, 2.45) is 23.7 Å². The van der Waals surface area contributed by atoms with E-state index in [4.69, 9.17) is 35.5 Å². The van der Waals surface area contributed by atoms with Crippen molar-refractivity contribution in [2.75, 3.05) is 87.6 Å². The van der Waals surface area contributed by atoms with E-state index in [1.54, 1.807) is 110 Å². The van der Waals surface area contributed by atoms with Crippen LogP contribution in [0.3, 0.4) is 0 Å². The van der Waals surface area contributed by atoms with Crippen molar-refractivity contribution in [1.82, 2.24) is 98.5 Å². The molecule has 40 nitrogen and oxygen atoms in total. The lowest BCUT2D eigenvalue weighted by Crippen LogP contribution is -2.44. The van der Waals surface area contributed by atoms with Gasteiger partial charge in [0.2, 0.25) is 17.7 Å². The number of fused-ring (bicyclic) bond motifs is 4. The first kappa shape index (κ1) is 110. The van der Waals surface area contributed by atoms with E-state index in [9.17, 15) is 65.5 Å². The maximum atomic E-state index is 14.6. The number of nitrogens with zero attached hydrogens (tertiary/aromatic N) is 14. The van der Waals surface area contributed by atoms with Crippen molar-refractivity contribution >= 4 is 97.1 Å². The molecule has 0 aliphatic rings. The fraction of sp³-hybridized carbons (Fsp3) is 0.432. The van der Waals surface area contributed by atoms with Crippen molar-refractivity contribution in [3.05, 3.63) is 237 Å². The number of halogens is 4. The minimum Gasteiger partial charge on any atom is -0.480 e. The van der Waals surface area contributed by atoms with Crippen LogP contribution in [-0.2, 0) is 126 Å². The van der Waals surface area contributed by atoms with Gasteiger partial charge in [0, 0.05) is 85.0 Å². The lowest BCUT2D eigenvalue weighted by molar-refractivity contribution is -0.139. The van der Waals surface area contributed by atoms with E-state index in [1.807, 2.05) is 19.9 Å². The van der Waals surface area contributed by atoms with Gasteiger partial charge in [-0.05, 0) is 137 Å². The van der Waals surface area contributed by atoms with Crippen molar-refractivity contribution in [3.63, 3.8) is 0 Å². The fourth-order valence-electron chi connectivity index (χ4n) is 14.2. The van der Waals surface area contributed by atoms with Crippen molar-refractivity contribution in [1.29, 1.82) is 0 Å². The zero-order valence-electron chi connectivity index (χ0n) is 81.4. The number of carbonyl (C=O) groups excluding carboxylic acids is 5. The predicted octanol–water partition coefficient (Wildman–Crippen LogP) is 10.4. The van der Waals surface area contributed by atoms with Gasteiger partial charge < -0.3 is 109 Å². The number of carbonyl (C=O) groups is 6. The summed E-state index contributed by atoms with van der Waals surface area (Å²) in [6.07, 6.45) is 12.7. The second kappa shape index (κ2) is 52.0. The largest absolute Gasteiger partial charge is 0.480 e.